The number of thioether (sulfide) groups is 1. The Kier molecular flexibility index (Phi) is 4.60. The lowest BCUT2D eigenvalue weighted by Gasteiger charge is -2.03. The van der Waals surface area contributed by atoms with Crippen LogP contribution in [0.2, 0.25) is 0 Å². The molecule has 3 nitrogen and oxygen atoms in total. The summed E-state index contributed by atoms with van der Waals surface area (Å²) in [4.78, 5) is 15.8. The van der Waals surface area contributed by atoms with Gasteiger partial charge in [0.15, 0.2) is 4.34 Å². The molecule has 1 aromatic heterocycles. The van der Waals surface area contributed by atoms with E-state index in [-0.39, 0.29) is 6.42 Å². The molecule has 1 heterocycles. The zero-order valence-electron chi connectivity index (χ0n) is 9.11. The van der Waals surface area contributed by atoms with Gasteiger partial charge in [-0.3, -0.25) is 4.79 Å². The molecule has 1 rings (SSSR count). The third kappa shape index (κ3) is 3.83. The molecule has 1 unspecified atom stereocenters. The van der Waals surface area contributed by atoms with Gasteiger partial charge in [-0.15, -0.1) is 11.3 Å². The highest BCUT2D eigenvalue weighted by Gasteiger charge is 2.12. The van der Waals surface area contributed by atoms with E-state index < -0.39 is 5.97 Å². The van der Waals surface area contributed by atoms with E-state index in [1.54, 1.807) is 11.8 Å². The molecule has 1 aromatic rings. The molecule has 0 aliphatic heterocycles. The van der Waals surface area contributed by atoms with E-state index in [4.69, 9.17) is 5.11 Å². The van der Waals surface area contributed by atoms with Crippen LogP contribution in [-0.4, -0.2) is 21.3 Å². The van der Waals surface area contributed by atoms with Crippen LogP contribution in [0.4, 0.5) is 0 Å². The fourth-order valence-electron chi connectivity index (χ4n) is 1.01. The van der Waals surface area contributed by atoms with Crippen LogP contribution in [0.15, 0.2) is 4.34 Å². The lowest BCUT2D eigenvalue weighted by molar-refractivity contribution is -0.136. The molecule has 0 aliphatic rings. The Hall–Kier alpha value is -0.550. The van der Waals surface area contributed by atoms with Crippen LogP contribution in [0, 0.1) is 6.92 Å². The molecule has 0 radical (unpaired) electrons. The van der Waals surface area contributed by atoms with Crippen LogP contribution in [-0.2, 0) is 11.2 Å². The van der Waals surface area contributed by atoms with Crippen molar-refractivity contribution in [1.29, 1.82) is 0 Å². The molecule has 0 amide bonds. The van der Waals surface area contributed by atoms with E-state index >= 15 is 0 Å². The summed E-state index contributed by atoms with van der Waals surface area (Å²) < 4.78 is 0.984. The number of thiazole rings is 1. The number of aryl methyl sites for hydroxylation is 1. The van der Waals surface area contributed by atoms with Gasteiger partial charge in [-0.1, -0.05) is 25.6 Å². The minimum atomic E-state index is -0.790. The number of carboxylic acid groups (broad SMARTS) is 1. The van der Waals surface area contributed by atoms with Crippen molar-refractivity contribution >= 4 is 29.1 Å². The van der Waals surface area contributed by atoms with E-state index in [2.05, 4.69) is 18.8 Å². The maximum absolute atomic E-state index is 10.6. The molecule has 0 fully saturated rings. The Labute approximate surface area is 97.9 Å². The summed E-state index contributed by atoms with van der Waals surface area (Å²) >= 11 is 3.22. The average Bonchev–Trinajstić information content (AvgIpc) is 2.45. The summed E-state index contributed by atoms with van der Waals surface area (Å²) in [6, 6.07) is 0. The Balaban J connectivity index is 2.72. The van der Waals surface area contributed by atoms with Gasteiger partial charge in [-0.2, -0.15) is 0 Å². The number of rotatable bonds is 5. The number of carbonyl (C=O) groups is 1. The molecule has 1 N–H and O–H groups in total. The van der Waals surface area contributed by atoms with E-state index in [1.807, 2.05) is 6.92 Å². The van der Waals surface area contributed by atoms with Gasteiger partial charge >= 0.3 is 5.97 Å². The van der Waals surface area contributed by atoms with Gasteiger partial charge in [-0.05, 0) is 13.3 Å². The second kappa shape index (κ2) is 5.51. The molecule has 0 saturated heterocycles. The largest absolute Gasteiger partial charge is 0.481 e. The molecular weight excluding hydrogens is 230 g/mol. The average molecular weight is 245 g/mol. The molecule has 0 saturated carbocycles. The molecule has 0 bridgehead atoms. The number of aromatic nitrogens is 1. The van der Waals surface area contributed by atoms with Gasteiger partial charge in [0.2, 0.25) is 0 Å². The van der Waals surface area contributed by atoms with Crippen LogP contribution in [0.1, 0.15) is 30.8 Å². The summed E-state index contributed by atoms with van der Waals surface area (Å²) in [7, 11) is 0. The van der Waals surface area contributed by atoms with Crippen molar-refractivity contribution in [2.75, 3.05) is 0 Å². The second-order valence-electron chi connectivity index (χ2n) is 3.40. The van der Waals surface area contributed by atoms with E-state index in [9.17, 15) is 4.79 Å². The van der Waals surface area contributed by atoms with Crippen molar-refractivity contribution in [3.05, 3.63) is 10.6 Å². The SMILES string of the molecule is CCC(C)Sc1nc(C)c(CC(=O)O)s1. The lowest BCUT2D eigenvalue weighted by Crippen LogP contribution is -1.99. The lowest BCUT2D eigenvalue weighted by atomic mass is 10.3. The molecule has 0 spiro atoms. The van der Waals surface area contributed by atoms with Gasteiger partial charge in [0, 0.05) is 10.1 Å². The van der Waals surface area contributed by atoms with Crippen LogP contribution in [0.3, 0.4) is 0 Å². The zero-order valence-corrected chi connectivity index (χ0v) is 10.7. The van der Waals surface area contributed by atoms with Crippen molar-refractivity contribution in [3.8, 4) is 0 Å². The Bertz CT molecular complexity index is 349. The third-order valence-electron chi connectivity index (χ3n) is 2.06. The predicted octanol–water partition coefficient (Wildman–Crippen LogP) is 2.97. The van der Waals surface area contributed by atoms with Gasteiger partial charge in [0.05, 0.1) is 12.1 Å². The van der Waals surface area contributed by atoms with Crippen LogP contribution in [0.25, 0.3) is 0 Å². The summed E-state index contributed by atoms with van der Waals surface area (Å²) in [6.07, 6.45) is 1.18. The van der Waals surface area contributed by atoms with Crippen molar-refractivity contribution in [2.45, 2.75) is 43.2 Å². The maximum Gasteiger partial charge on any atom is 0.308 e. The zero-order chi connectivity index (χ0) is 11.4. The highest BCUT2D eigenvalue weighted by atomic mass is 32.2. The number of aliphatic carboxylic acids is 1. The number of hydrogen-bond donors (Lipinski definition) is 1. The van der Waals surface area contributed by atoms with E-state index in [0.29, 0.717) is 5.25 Å². The first-order chi connectivity index (χ1) is 7.02. The van der Waals surface area contributed by atoms with Crippen LogP contribution in [0.5, 0.6) is 0 Å². The molecule has 0 aromatic carbocycles. The second-order valence-corrected chi connectivity index (χ2v) is 6.16. The third-order valence-corrected chi connectivity index (χ3v) is 4.58. The van der Waals surface area contributed by atoms with Gasteiger partial charge in [0.1, 0.15) is 0 Å². The standard InChI is InChI=1S/C10H15NO2S2/c1-4-6(2)14-10-11-7(3)8(15-10)5-9(12)13/h6H,4-5H2,1-3H3,(H,12,13). The Morgan fingerprint density at radius 1 is 1.67 bits per heavy atom. The predicted molar refractivity (Wildman–Crippen MR) is 63.8 cm³/mol. The minimum absolute atomic E-state index is 0.0879. The van der Waals surface area contributed by atoms with Crippen molar-refractivity contribution in [2.24, 2.45) is 0 Å². The van der Waals surface area contributed by atoms with Gasteiger partial charge in [-0.25, -0.2) is 4.98 Å². The molecular formula is C10H15NO2S2. The fraction of sp³-hybridized carbons (Fsp3) is 0.600. The van der Waals surface area contributed by atoms with Gasteiger partial charge < -0.3 is 5.11 Å². The molecule has 0 aliphatic carbocycles. The van der Waals surface area contributed by atoms with E-state index in [1.165, 1.54) is 11.3 Å². The number of hydrogen-bond acceptors (Lipinski definition) is 4. The molecule has 5 heteroatoms. The normalized spacial score (nSPS) is 12.7. The first-order valence-corrected chi connectivity index (χ1v) is 6.57. The highest BCUT2D eigenvalue weighted by molar-refractivity contribution is 8.01. The quantitative estimate of drug-likeness (QED) is 0.810. The van der Waals surface area contributed by atoms with Crippen molar-refractivity contribution in [3.63, 3.8) is 0 Å². The minimum Gasteiger partial charge on any atom is -0.481 e. The first-order valence-electron chi connectivity index (χ1n) is 4.87. The molecule has 15 heavy (non-hydrogen) atoms. The number of carboxylic acids is 1. The Morgan fingerprint density at radius 2 is 2.33 bits per heavy atom. The summed E-state index contributed by atoms with van der Waals surface area (Å²) in [5.74, 6) is -0.790. The maximum atomic E-state index is 10.6. The summed E-state index contributed by atoms with van der Waals surface area (Å²) in [5, 5.41) is 9.24. The topological polar surface area (TPSA) is 50.2 Å². The molecule has 1 atom stereocenters. The number of nitrogens with zero attached hydrogens (tertiary/aromatic N) is 1. The molecule has 84 valence electrons. The summed E-state index contributed by atoms with van der Waals surface area (Å²) in [6.45, 7) is 6.16. The van der Waals surface area contributed by atoms with E-state index in [0.717, 1.165) is 21.3 Å². The van der Waals surface area contributed by atoms with Crippen molar-refractivity contribution in [1.82, 2.24) is 4.98 Å². The smallest absolute Gasteiger partial charge is 0.308 e. The highest BCUT2D eigenvalue weighted by Crippen LogP contribution is 2.31. The van der Waals surface area contributed by atoms with Crippen LogP contribution < -0.4 is 0 Å². The monoisotopic (exact) mass is 245 g/mol. The summed E-state index contributed by atoms with van der Waals surface area (Å²) in [5.41, 5.74) is 0.855. The van der Waals surface area contributed by atoms with Crippen LogP contribution >= 0.6 is 23.1 Å². The van der Waals surface area contributed by atoms with Crippen molar-refractivity contribution < 1.29 is 9.90 Å². The fourth-order valence-corrected chi connectivity index (χ4v) is 3.48. The van der Waals surface area contributed by atoms with Gasteiger partial charge in [0.25, 0.3) is 0 Å². The Morgan fingerprint density at radius 3 is 2.87 bits per heavy atom. The first kappa shape index (κ1) is 12.5.